The molecule has 0 saturated carbocycles. The van der Waals surface area contributed by atoms with E-state index in [1.807, 2.05) is 12.1 Å². The number of pyridine rings is 1. The van der Waals surface area contributed by atoms with Crippen LogP contribution in [0.25, 0.3) is 32.2 Å². The Bertz CT molecular complexity index is 876. The van der Waals surface area contributed by atoms with E-state index in [0.29, 0.717) is 0 Å². The molecule has 0 bridgehead atoms. The molecule has 0 N–H and O–H groups in total. The summed E-state index contributed by atoms with van der Waals surface area (Å²) in [6.07, 6.45) is 0. The van der Waals surface area contributed by atoms with Crippen LogP contribution in [0, 0.1) is 0 Å². The molecule has 0 atom stereocenters. The minimum atomic E-state index is 1.05. The molecule has 0 radical (unpaired) electrons. The molecule has 0 saturated heterocycles. The molecule has 4 aromatic rings. The van der Waals surface area contributed by atoms with Crippen LogP contribution >= 0.6 is 11.3 Å². The van der Waals surface area contributed by atoms with Gasteiger partial charge in [-0.15, -0.1) is 11.3 Å². The normalized spacial score (nSPS) is 11.2. The van der Waals surface area contributed by atoms with E-state index in [2.05, 4.69) is 53.9 Å². The third-order valence-corrected chi connectivity index (χ3v) is 4.38. The maximum absolute atomic E-state index is 4.78. The number of hydrogen-bond acceptors (Lipinski definition) is 2. The molecular weight excluding hydrogens is 250 g/mol. The predicted octanol–water partition coefficient (Wildman–Crippen LogP) is 5.12. The highest BCUT2D eigenvalue weighted by atomic mass is 32.1. The van der Waals surface area contributed by atoms with Crippen LogP contribution in [-0.2, 0) is 0 Å². The molecule has 0 aliphatic rings. The van der Waals surface area contributed by atoms with Crippen molar-refractivity contribution in [3.8, 4) is 10.6 Å². The number of aromatic nitrogens is 1. The van der Waals surface area contributed by atoms with Crippen molar-refractivity contribution in [2.75, 3.05) is 0 Å². The van der Waals surface area contributed by atoms with Gasteiger partial charge < -0.3 is 0 Å². The Labute approximate surface area is 115 Å². The zero-order valence-corrected chi connectivity index (χ0v) is 11.0. The van der Waals surface area contributed by atoms with Crippen molar-refractivity contribution in [1.82, 2.24) is 4.98 Å². The molecule has 4 rings (SSSR count). The molecule has 0 spiro atoms. The summed E-state index contributed by atoms with van der Waals surface area (Å²) in [7, 11) is 0. The fraction of sp³-hybridized carbons (Fsp3) is 0. The molecule has 2 heteroatoms. The molecular formula is C17H11NS. The van der Waals surface area contributed by atoms with Gasteiger partial charge in [0.15, 0.2) is 0 Å². The number of thiophene rings is 1. The van der Waals surface area contributed by atoms with Gasteiger partial charge in [-0.05, 0) is 22.9 Å². The molecule has 0 aliphatic carbocycles. The van der Waals surface area contributed by atoms with Crippen LogP contribution < -0.4 is 0 Å². The average molecular weight is 261 g/mol. The summed E-state index contributed by atoms with van der Waals surface area (Å²) in [6, 6.07) is 21.0. The standard InChI is InChI=1S/C17H11NS/c1-3-7-14-13(6-1)11-19-17(14)16-10-9-12-5-2-4-8-15(12)18-16/h1-11H. The van der Waals surface area contributed by atoms with E-state index < -0.39 is 0 Å². The fourth-order valence-corrected chi connectivity index (χ4v) is 3.38. The third kappa shape index (κ3) is 1.72. The zero-order chi connectivity index (χ0) is 12.7. The van der Waals surface area contributed by atoms with E-state index in [4.69, 9.17) is 4.98 Å². The maximum Gasteiger partial charge on any atom is 0.0815 e. The SMILES string of the molecule is c1ccc2nc(-c3scc4ccccc34)ccc2c1. The number of hydrogen-bond donors (Lipinski definition) is 0. The van der Waals surface area contributed by atoms with Gasteiger partial charge in [-0.2, -0.15) is 0 Å². The van der Waals surface area contributed by atoms with Gasteiger partial charge in [-0.3, -0.25) is 0 Å². The first kappa shape index (κ1) is 10.7. The van der Waals surface area contributed by atoms with Crippen molar-refractivity contribution in [2.45, 2.75) is 0 Å². The van der Waals surface area contributed by atoms with Gasteiger partial charge >= 0.3 is 0 Å². The second kappa shape index (κ2) is 4.18. The van der Waals surface area contributed by atoms with E-state index in [1.54, 1.807) is 11.3 Å². The molecule has 2 aromatic heterocycles. The Hall–Kier alpha value is -2.19. The van der Waals surface area contributed by atoms with Gasteiger partial charge in [0.05, 0.1) is 16.1 Å². The van der Waals surface area contributed by atoms with E-state index in [9.17, 15) is 0 Å². The number of rotatable bonds is 1. The summed E-state index contributed by atoms with van der Waals surface area (Å²) < 4.78 is 0. The largest absolute Gasteiger partial charge is 0.247 e. The number of nitrogens with zero attached hydrogens (tertiary/aromatic N) is 1. The lowest BCUT2D eigenvalue weighted by atomic mass is 10.1. The van der Waals surface area contributed by atoms with Crippen molar-refractivity contribution >= 4 is 33.0 Å². The van der Waals surface area contributed by atoms with Crippen molar-refractivity contribution in [3.63, 3.8) is 0 Å². The Kier molecular flexibility index (Phi) is 2.35. The van der Waals surface area contributed by atoms with Gasteiger partial charge in [-0.1, -0.05) is 48.5 Å². The number of fused-ring (bicyclic) bond motifs is 2. The van der Waals surface area contributed by atoms with Crippen molar-refractivity contribution in [2.24, 2.45) is 0 Å². The van der Waals surface area contributed by atoms with Gasteiger partial charge in [0, 0.05) is 10.8 Å². The quantitative estimate of drug-likeness (QED) is 0.463. The van der Waals surface area contributed by atoms with Gasteiger partial charge in [0.2, 0.25) is 0 Å². The Morgan fingerprint density at radius 2 is 1.53 bits per heavy atom. The molecule has 2 aromatic carbocycles. The second-order valence-corrected chi connectivity index (χ2v) is 5.42. The van der Waals surface area contributed by atoms with E-state index in [1.165, 1.54) is 21.0 Å². The van der Waals surface area contributed by atoms with Crippen LogP contribution in [0.3, 0.4) is 0 Å². The minimum absolute atomic E-state index is 1.05. The molecule has 0 amide bonds. The van der Waals surface area contributed by atoms with Crippen molar-refractivity contribution in [1.29, 1.82) is 0 Å². The van der Waals surface area contributed by atoms with Gasteiger partial charge in [0.25, 0.3) is 0 Å². The highest BCUT2D eigenvalue weighted by Crippen LogP contribution is 2.34. The lowest BCUT2D eigenvalue weighted by Gasteiger charge is -2.01. The molecule has 0 unspecified atom stereocenters. The summed E-state index contributed by atoms with van der Waals surface area (Å²) in [5.74, 6) is 0. The second-order valence-electron chi connectivity index (χ2n) is 4.54. The smallest absolute Gasteiger partial charge is 0.0815 e. The lowest BCUT2D eigenvalue weighted by Crippen LogP contribution is -1.82. The van der Waals surface area contributed by atoms with Crippen LogP contribution in [0.5, 0.6) is 0 Å². The van der Waals surface area contributed by atoms with E-state index >= 15 is 0 Å². The average Bonchev–Trinajstić information content (AvgIpc) is 2.91. The molecule has 19 heavy (non-hydrogen) atoms. The van der Waals surface area contributed by atoms with Crippen LogP contribution in [0.15, 0.2) is 66.0 Å². The Morgan fingerprint density at radius 3 is 2.47 bits per heavy atom. The van der Waals surface area contributed by atoms with Crippen LogP contribution in [0.2, 0.25) is 0 Å². The summed E-state index contributed by atoms with van der Waals surface area (Å²) in [5.41, 5.74) is 2.11. The monoisotopic (exact) mass is 261 g/mol. The van der Waals surface area contributed by atoms with Gasteiger partial charge in [0.1, 0.15) is 0 Å². The molecule has 0 aliphatic heterocycles. The lowest BCUT2D eigenvalue weighted by molar-refractivity contribution is 1.42. The van der Waals surface area contributed by atoms with Gasteiger partial charge in [-0.25, -0.2) is 4.98 Å². The summed E-state index contributed by atoms with van der Waals surface area (Å²) >= 11 is 1.76. The van der Waals surface area contributed by atoms with Crippen LogP contribution in [0.4, 0.5) is 0 Å². The summed E-state index contributed by atoms with van der Waals surface area (Å²) in [5, 5.41) is 5.96. The highest BCUT2D eigenvalue weighted by molar-refractivity contribution is 7.15. The topological polar surface area (TPSA) is 12.9 Å². The maximum atomic E-state index is 4.78. The highest BCUT2D eigenvalue weighted by Gasteiger charge is 2.07. The summed E-state index contributed by atoms with van der Waals surface area (Å²) in [4.78, 5) is 6.03. The van der Waals surface area contributed by atoms with Crippen LogP contribution in [0.1, 0.15) is 0 Å². The molecule has 2 heterocycles. The summed E-state index contributed by atoms with van der Waals surface area (Å²) in [6.45, 7) is 0. The first-order valence-electron chi connectivity index (χ1n) is 6.24. The van der Waals surface area contributed by atoms with E-state index in [0.717, 1.165) is 11.2 Å². The number of para-hydroxylation sites is 1. The Balaban J connectivity index is 1.99. The Morgan fingerprint density at radius 1 is 0.737 bits per heavy atom. The number of benzene rings is 2. The molecule has 1 nitrogen and oxygen atoms in total. The predicted molar refractivity (Wildman–Crippen MR) is 82.6 cm³/mol. The fourth-order valence-electron chi connectivity index (χ4n) is 2.38. The van der Waals surface area contributed by atoms with Crippen molar-refractivity contribution < 1.29 is 0 Å². The zero-order valence-electron chi connectivity index (χ0n) is 10.2. The van der Waals surface area contributed by atoms with E-state index in [-0.39, 0.29) is 0 Å². The first-order valence-corrected chi connectivity index (χ1v) is 7.12. The molecule has 0 fully saturated rings. The third-order valence-electron chi connectivity index (χ3n) is 3.34. The first-order chi connectivity index (χ1) is 9.42. The van der Waals surface area contributed by atoms with Crippen LogP contribution in [-0.4, -0.2) is 4.98 Å². The van der Waals surface area contributed by atoms with Crippen molar-refractivity contribution in [3.05, 3.63) is 66.0 Å². The minimum Gasteiger partial charge on any atom is -0.247 e. The molecule has 90 valence electrons.